The summed E-state index contributed by atoms with van der Waals surface area (Å²) in [4.78, 5) is 25.3. The number of likely N-dealkylation sites (tertiary alicyclic amines) is 1. The normalized spacial score (nSPS) is 24.4. The maximum atomic E-state index is 13.8. The van der Waals surface area contributed by atoms with Crippen LogP contribution in [0.5, 0.6) is 0 Å². The second-order valence-electron chi connectivity index (χ2n) is 10.8. The van der Waals surface area contributed by atoms with Crippen LogP contribution in [0, 0.1) is 5.92 Å². The third kappa shape index (κ3) is 5.50. The number of hydrogen-bond donors (Lipinski definition) is 1. The van der Waals surface area contributed by atoms with Crippen LogP contribution < -0.4 is 0 Å². The molecule has 0 radical (unpaired) electrons. The van der Waals surface area contributed by atoms with E-state index in [1.54, 1.807) is 35.2 Å². The second kappa shape index (κ2) is 11.2. The van der Waals surface area contributed by atoms with Crippen LogP contribution in [0.2, 0.25) is 0 Å². The van der Waals surface area contributed by atoms with Gasteiger partial charge in [-0.05, 0) is 69.0 Å². The van der Waals surface area contributed by atoms with Crippen LogP contribution in [0.3, 0.4) is 0 Å². The molecular weight excluding hydrogens is 541 g/mol. The summed E-state index contributed by atoms with van der Waals surface area (Å²) in [5, 5.41) is 0. The zero-order valence-electron chi connectivity index (χ0n) is 22.7. The molecule has 5 rings (SSSR count). The number of para-hydroxylation sites is 1. The average molecular weight is 577 g/mol. The number of nitrogens with one attached hydrogen (secondary N) is 1. The lowest BCUT2D eigenvalue weighted by Gasteiger charge is -2.44. The van der Waals surface area contributed by atoms with Gasteiger partial charge < -0.3 is 14.8 Å². The number of benzene rings is 2. The molecule has 0 spiro atoms. The van der Waals surface area contributed by atoms with Crippen molar-refractivity contribution in [1.29, 1.82) is 0 Å². The molecule has 2 heterocycles. The van der Waals surface area contributed by atoms with E-state index in [1.807, 2.05) is 0 Å². The fraction of sp³-hybridized carbons (Fsp3) is 0.517. The third-order valence-corrected chi connectivity index (χ3v) is 10.4. The highest BCUT2D eigenvalue weighted by Crippen LogP contribution is 2.40. The number of carbonyl (C=O) groups is 1. The Labute approximate surface area is 232 Å². The number of aromatic amines is 1. The Hall–Kier alpha value is -2.92. The van der Waals surface area contributed by atoms with E-state index in [1.165, 1.54) is 12.1 Å². The van der Waals surface area contributed by atoms with Gasteiger partial charge in [-0.1, -0.05) is 38.1 Å². The SMILES string of the molecule is CCN(CC)C1CCC(N2CCC(c3nc4c(C(F)(F)F)cccc4[nH]3)C2=O)C(CS(=O)(=O)c2ccccc2)C1. The Bertz CT molecular complexity index is 1450. The van der Waals surface area contributed by atoms with Crippen molar-refractivity contribution >= 4 is 26.8 Å². The van der Waals surface area contributed by atoms with E-state index in [0.717, 1.165) is 25.6 Å². The number of alkyl halides is 3. The van der Waals surface area contributed by atoms with Gasteiger partial charge in [-0.2, -0.15) is 13.2 Å². The summed E-state index contributed by atoms with van der Waals surface area (Å²) >= 11 is 0. The molecule has 4 atom stereocenters. The number of rotatable bonds is 8. The van der Waals surface area contributed by atoms with Crippen LogP contribution in [0.25, 0.3) is 11.0 Å². The molecule has 4 unspecified atom stereocenters. The molecular formula is C29H35F3N4O3S. The molecule has 2 fully saturated rings. The van der Waals surface area contributed by atoms with Gasteiger partial charge in [0.1, 0.15) is 11.3 Å². The first-order valence-electron chi connectivity index (χ1n) is 13.9. The Morgan fingerprint density at radius 2 is 1.75 bits per heavy atom. The number of aromatic nitrogens is 2. The number of carbonyl (C=O) groups excluding carboxylic acids is 1. The minimum absolute atomic E-state index is 0.0620. The summed E-state index contributed by atoms with van der Waals surface area (Å²) in [7, 11) is -3.59. The summed E-state index contributed by atoms with van der Waals surface area (Å²) in [6.45, 7) is 6.32. The van der Waals surface area contributed by atoms with Crippen molar-refractivity contribution in [1.82, 2.24) is 19.8 Å². The van der Waals surface area contributed by atoms with E-state index in [9.17, 15) is 26.4 Å². The van der Waals surface area contributed by atoms with Crippen molar-refractivity contribution in [3.8, 4) is 0 Å². The van der Waals surface area contributed by atoms with E-state index in [2.05, 4.69) is 28.7 Å². The molecule has 1 saturated heterocycles. The Kier molecular flexibility index (Phi) is 7.98. The summed E-state index contributed by atoms with van der Waals surface area (Å²) in [5.74, 6) is -1.00. The Morgan fingerprint density at radius 1 is 1.02 bits per heavy atom. The van der Waals surface area contributed by atoms with Crippen molar-refractivity contribution < 1.29 is 26.4 Å². The lowest BCUT2D eigenvalue weighted by molar-refractivity contribution is -0.136. The van der Waals surface area contributed by atoms with Gasteiger partial charge in [-0.3, -0.25) is 4.79 Å². The van der Waals surface area contributed by atoms with E-state index < -0.39 is 27.5 Å². The number of imidazole rings is 1. The third-order valence-electron chi connectivity index (χ3n) is 8.59. The van der Waals surface area contributed by atoms with Crippen LogP contribution in [0.15, 0.2) is 53.4 Å². The van der Waals surface area contributed by atoms with Gasteiger partial charge in [-0.25, -0.2) is 13.4 Å². The molecule has 1 saturated carbocycles. The monoisotopic (exact) mass is 576 g/mol. The highest BCUT2D eigenvalue weighted by atomic mass is 32.2. The maximum Gasteiger partial charge on any atom is 0.418 e. The van der Waals surface area contributed by atoms with Crippen molar-refractivity contribution in [3.05, 3.63) is 59.9 Å². The molecule has 1 amide bonds. The lowest BCUT2D eigenvalue weighted by Crippen LogP contribution is -2.51. The van der Waals surface area contributed by atoms with Crippen LogP contribution in [0.1, 0.15) is 56.8 Å². The molecule has 7 nitrogen and oxygen atoms in total. The maximum absolute atomic E-state index is 13.8. The van der Waals surface area contributed by atoms with Crippen LogP contribution in [-0.2, 0) is 20.8 Å². The molecule has 3 aromatic rings. The molecule has 1 aliphatic carbocycles. The molecule has 2 aromatic carbocycles. The number of fused-ring (bicyclic) bond motifs is 1. The standard InChI is InChI=1S/C29H35F3N4O3S/c1-3-35(4-2)20-13-14-25(19(17-20)18-40(38,39)21-9-6-5-7-10-21)36-16-15-22(28(36)37)27-33-24-12-8-11-23(26(24)34-27)29(30,31)32/h5-12,19-20,22,25H,3-4,13-18H2,1-2H3,(H,33,34). The first-order chi connectivity index (χ1) is 19.0. The molecule has 0 bridgehead atoms. The van der Waals surface area contributed by atoms with E-state index in [-0.39, 0.29) is 51.4 Å². The van der Waals surface area contributed by atoms with Gasteiger partial charge in [0.25, 0.3) is 0 Å². The van der Waals surface area contributed by atoms with Crippen molar-refractivity contribution in [2.75, 3.05) is 25.4 Å². The predicted molar refractivity (Wildman–Crippen MR) is 146 cm³/mol. The quantitative estimate of drug-likeness (QED) is 0.396. The second-order valence-corrected chi connectivity index (χ2v) is 12.8. The smallest absolute Gasteiger partial charge is 0.341 e. The first-order valence-corrected chi connectivity index (χ1v) is 15.6. The molecule has 11 heteroatoms. The summed E-state index contributed by atoms with van der Waals surface area (Å²) < 4.78 is 67.5. The topological polar surface area (TPSA) is 86.4 Å². The largest absolute Gasteiger partial charge is 0.418 e. The first kappa shape index (κ1) is 28.6. The Morgan fingerprint density at radius 3 is 2.42 bits per heavy atom. The molecule has 2 aliphatic rings. The van der Waals surface area contributed by atoms with Crippen molar-refractivity contribution in [3.63, 3.8) is 0 Å². The van der Waals surface area contributed by atoms with E-state index in [4.69, 9.17) is 0 Å². The molecule has 1 aliphatic heterocycles. The summed E-state index contributed by atoms with van der Waals surface area (Å²) in [6.07, 6.45) is -1.96. The van der Waals surface area contributed by atoms with Crippen LogP contribution >= 0.6 is 0 Å². The van der Waals surface area contributed by atoms with Crippen molar-refractivity contribution in [2.45, 2.75) is 68.6 Å². The van der Waals surface area contributed by atoms with Gasteiger partial charge in [0.2, 0.25) is 5.91 Å². The average Bonchev–Trinajstić information content (AvgIpc) is 3.52. The van der Waals surface area contributed by atoms with Gasteiger partial charge in [0.15, 0.2) is 9.84 Å². The number of H-pyrrole nitrogens is 1. The van der Waals surface area contributed by atoms with Gasteiger partial charge in [-0.15, -0.1) is 0 Å². The fourth-order valence-electron chi connectivity index (χ4n) is 6.62. The number of halogens is 3. The van der Waals surface area contributed by atoms with Crippen LogP contribution in [-0.4, -0.2) is 71.6 Å². The number of amides is 1. The van der Waals surface area contributed by atoms with Crippen molar-refractivity contribution in [2.24, 2.45) is 5.92 Å². The molecule has 216 valence electrons. The molecule has 1 aromatic heterocycles. The van der Waals surface area contributed by atoms with Gasteiger partial charge >= 0.3 is 6.18 Å². The van der Waals surface area contributed by atoms with E-state index >= 15 is 0 Å². The highest BCUT2D eigenvalue weighted by molar-refractivity contribution is 7.91. The number of nitrogens with zero attached hydrogens (tertiary/aromatic N) is 3. The van der Waals surface area contributed by atoms with E-state index in [0.29, 0.717) is 25.8 Å². The molecule has 40 heavy (non-hydrogen) atoms. The zero-order chi connectivity index (χ0) is 28.7. The minimum Gasteiger partial charge on any atom is -0.341 e. The van der Waals surface area contributed by atoms with Crippen LogP contribution in [0.4, 0.5) is 13.2 Å². The molecule has 1 N–H and O–H groups in total. The zero-order valence-corrected chi connectivity index (χ0v) is 23.5. The van der Waals surface area contributed by atoms with Gasteiger partial charge in [0.05, 0.1) is 27.6 Å². The summed E-state index contributed by atoms with van der Waals surface area (Å²) in [5.41, 5.74) is -0.791. The highest BCUT2D eigenvalue weighted by Gasteiger charge is 2.45. The summed E-state index contributed by atoms with van der Waals surface area (Å²) in [6, 6.07) is 12.2. The Balaban J connectivity index is 1.42. The lowest BCUT2D eigenvalue weighted by atomic mass is 9.81. The fourth-order valence-corrected chi connectivity index (χ4v) is 8.31. The number of sulfone groups is 1. The minimum atomic E-state index is -4.56. The predicted octanol–water partition coefficient (Wildman–Crippen LogP) is 5.25. The van der Waals surface area contributed by atoms with Gasteiger partial charge in [0, 0.05) is 18.6 Å². The number of hydrogen-bond acceptors (Lipinski definition) is 5.